The largest absolute Gasteiger partial charge is 0.303 e. The minimum atomic E-state index is 0.340. The fourth-order valence-corrected chi connectivity index (χ4v) is 8.09. The highest BCUT2D eigenvalue weighted by Gasteiger charge is 2.61. The van der Waals surface area contributed by atoms with Gasteiger partial charge in [0.2, 0.25) is 0 Å². The summed E-state index contributed by atoms with van der Waals surface area (Å²) in [6.07, 6.45) is 12.4. The average molecular weight is 328 g/mol. The molecule has 4 aliphatic carbocycles. The molecule has 24 heavy (non-hydrogen) atoms. The molecule has 0 aromatic carbocycles. The van der Waals surface area contributed by atoms with Crippen LogP contribution in [0.2, 0.25) is 0 Å². The summed E-state index contributed by atoms with van der Waals surface area (Å²) in [7, 11) is 2.36. The lowest BCUT2D eigenvalue weighted by Crippen LogP contribution is -2.54. The van der Waals surface area contributed by atoms with Gasteiger partial charge in [-0.05, 0) is 99.5 Å². The van der Waals surface area contributed by atoms with E-state index in [-0.39, 0.29) is 0 Å². The highest BCUT2D eigenvalue weighted by molar-refractivity contribution is 5.91. The van der Waals surface area contributed by atoms with Crippen molar-refractivity contribution in [3.8, 4) is 0 Å². The normalized spacial score (nSPS) is 53.9. The summed E-state index contributed by atoms with van der Waals surface area (Å²) in [5.41, 5.74) is 2.49. The van der Waals surface area contributed by atoms with Crippen molar-refractivity contribution in [3.63, 3.8) is 0 Å². The Hall–Kier alpha value is -0.630. The van der Waals surface area contributed by atoms with Gasteiger partial charge in [0.25, 0.3) is 0 Å². The third-order valence-corrected chi connectivity index (χ3v) is 9.47. The van der Waals surface area contributed by atoms with E-state index in [1.165, 1.54) is 50.6 Å². The smallest absolute Gasteiger partial charge is 0.155 e. The fraction of sp³-hybridized carbons (Fsp3) is 0.864. The lowest BCUT2D eigenvalue weighted by atomic mass is 9.47. The number of allylic oxidation sites excluding steroid dienone is 1. The molecule has 2 nitrogen and oxygen atoms in total. The number of rotatable bonds is 0. The Morgan fingerprint density at radius 3 is 2.83 bits per heavy atom. The standard InChI is InChI=1S/C22H33NO/c1-14-15-10-20-18-5-4-16-11-17(24)6-8-21(16,2)19(18)7-9-22(20,12-15)13-23(14)3/h11,14-15,18-20H,4-10,12-13H2,1-3H3. The van der Waals surface area contributed by atoms with Gasteiger partial charge < -0.3 is 4.90 Å². The van der Waals surface area contributed by atoms with E-state index in [1.54, 1.807) is 0 Å². The van der Waals surface area contributed by atoms with Crippen LogP contribution in [0.5, 0.6) is 0 Å². The second-order valence-electron chi connectivity index (χ2n) is 10.2. The Bertz CT molecular complexity index is 609. The molecule has 5 rings (SSSR count). The summed E-state index contributed by atoms with van der Waals surface area (Å²) in [4.78, 5) is 14.6. The predicted octanol–water partition coefficient (Wildman–Crippen LogP) is 4.45. The number of likely N-dealkylation sites (tertiary alicyclic amines) is 1. The Labute approximate surface area is 147 Å². The molecular weight excluding hydrogens is 294 g/mol. The SMILES string of the molecule is CC1C2CC3C4CCC5=CC(=O)CCC5(C)C4CCC3(C2)CN1C. The van der Waals surface area contributed by atoms with E-state index in [2.05, 4.69) is 25.8 Å². The van der Waals surface area contributed by atoms with Crippen LogP contribution in [0.15, 0.2) is 11.6 Å². The van der Waals surface area contributed by atoms with Crippen molar-refractivity contribution < 1.29 is 4.79 Å². The first kappa shape index (κ1) is 15.6. The molecule has 0 amide bonds. The summed E-state index contributed by atoms with van der Waals surface area (Å²) in [6.45, 7) is 6.31. The second kappa shape index (κ2) is 4.96. The van der Waals surface area contributed by atoms with Gasteiger partial charge in [-0.1, -0.05) is 12.5 Å². The molecule has 7 unspecified atom stereocenters. The molecule has 0 aromatic heterocycles. The molecule has 2 heteroatoms. The van der Waals surface area contributed by atoms with Crippen molar-refractivity contribution in [2.45, 2.75) is 71.3 Å². The summed E-state index contributed by atoms with van der Waals surface area (Å²) in [5.74, 6) is 4.06. The molecule has 1 heterocycles. The Morgan fingerprint density at radius 2 is 2.00 bits per heavy atom. The second-order valence-corrected chi connectivity index (χ2v) is 10.2. The maximum absolute atomic E-state index is 11.9. The molecule has 132 valence electrons. The van der Waals surface area contributed by atoms with Crippen LogP contribution in [-0.2, 0) is 4.79 Å². The maximum atomic E-state index is 11.9. The fourth-order valence-electron chi connectivity index (χ4n) is 8.09. The van der Waals surface area contributed by atoms with Crippen LogP contribution < -0.4 is 0 Å². The van der Waals surface area contributed by atoms with Gasteiger partial charge in [0, 0.05) is 19.0 Å². The molecule has 1 spiro atoms. The molecular formula is C22H33NO. The summed E-state index contributed by atoms with van der Waals surface area (Å²) < 4.78 is 0. The van der Waals surface area contributed by atoms with Gasteiger partial charge in [-0.25, -0.2) is 0 Å². The van der Waals surface area contributed by atoms with E-state index < -0.39 is 0 Å². The van der Waals surface area contributed by atoms with Gasteiger partial charge >= 0.3 is 0 Å². The Morgan fingerprint density at radius 1 is 1.17 bits per heavy atom. The molecule has 3 saturated carbocycles. The van der Waals surface area contributed by atoms with E-state index in [0.29, 0.717) is 16.6 Å². The quantitative estimate of drug-likeness (QED) is 0.655. The van der Waals surface area contributed by atoms with E-state index in [4.69, 9.17) is 0 Å². The third-order valence-electron chi connectivity index (χ3n) is 9.47. The third kappa shape index (κ3) is 1.90. The number of carbonyl (C=O) groups is 1. The predicted molar refractivity (Wildman–Crippen MR) is 96.6 cm³/mol. The van der Waals surface area contributed by atoms with Gasteiger partial charge in [-0.2, -0.15) is 0 Å². The van der Waals surface area contributed by atoms with Crippen molar-refractivity contribution in [2.75, 3.05) is 13.6 Å². The minimum Gasteiger partial charge on any atom is -0.303 e. The van der Waals surface area contributed by atoms with E-state index >= 15 is 0 Å². The monoisotopic (exact) mass is 327 g/mol. The van der Waals surface area contributed by atoms with Gasteiger partial charge in [0.15, 0.2) is 5.78 Å². The van der Waals surface area contributed by atoms with Crippen molar-refractivity contribution >= 4 is 5.78 Å². The van der Waals surface area contributed by atoms with Gasteiger partial charge in [0.05, 0.1) is 0 Å². The molecule has 7 atom stereocenters. The van der Waals surface area contributed by atoms with Crippen molar-refractivity contribution in [1.29, 1.82) is 0 Å². The maximum Gasteiger partial charge on any atom is 0.155 e. The number of piperidine rings is 1. The van der Waals surface area contributed by atoms with Crippen molar-refractivity contribution in [2.24, 2.45) is 34.5 Å². The number of hydrogen-bond acceptors (Lipinski definition) is 2. The Kier molecular flexibility index (Phi) is 3.23. The highest BCUT2D eigenvalue weighted by atomic mass is 16.1. The van der Waals surface area contributed by atoms with Gasteiger partial charge in [0.1, 0.15) is 0 Å². The zero-order valence-corrected chi connectivity index (χ0v) is 15.7. The van der Waals surface area contributed by atoms with Gasteiger partial charge in [-0.15, -0.1) is 0 Å². The number of nitrogens with zero attached hydrogens (tertiary/aromatic N) is 1. The van der Waals surface area contributed by atoms with Crippen LogP contribution in [-0.4, -0.2) is 30.3 Å². The highest BCUT2D eigenvalue weighted by Crippen LogP contribution is 2.67. The molecule has 0 N–H and O–H groups in total. The molecule has 2 bridgehead atoms. The van der Waals surface area contributed by atoms with E-state index in [1.807, 2.05) is 6.08 Å². The molecule has 0 radical (unpaired) electrons. The first-order valence-corrected chi connectivity index (χ1v) is 10.4. The molecule has 1 aliphatic heterocycles. The number of hydrogen-bond donors (Lipinski definition) is 0. The van der Waals surface area contributed by atoms with Crippen LogP contribution in [0.25, 0.3) is 0 Å². The topological polar surface area (TPSA) is 20.3 Å². The molecule has 0 aromatic rings. The van der Waals surface area contributed by atoms with Crippen LogP contribution in [0, 0.1) is 34.5 Å². The minimum absolute atomic E-state index is 0.340. The van der Waals surface area contributed by atoms with Crippen LogP contribution >= 0.6 is 0 Å². The molecule has 1 saturated heterocycles. The van der Waals surface area contributed by atoms with E-state index in [0.717, 1.165) is 42.6 Å². The summed E-state index contributed by atoms with van der Waals surface area (Å²) >= 11 is 0. The summed E-state index contributed by atoms with van der Waals surface area (Å²) in [6, 6.07) is 0.779. The Balaban J connectivity index is 1.49. The summed E-state index contributed by atoms with van der Waals surface area (Å²) in [5, 5.41) is 0. The van der Waals surface area contributed by atoms with Crippen molar-refractivity contribution in [1.82, 2.24) is 4.90 Å². The number of fused-ring (bicyclic) bond motifs is 5. The first-order valence-electron chi connectivity index (χ1n) is 10.4. The average Bonchev–Trinajstić information content (AvgIpc) is 2.89. The van der Waals surface area contributed by atoms with Crippen LogP contribution in [0.4, 0.5) is 0 Å². The van der Waals surface area contributed by atoms with Crippen LogP contribution in [0.3, 0.4) is 0 Å². The lowest BCUT2D eigenvalue weighted by molar-refractivity contribution is -0.117. The number of carbonyl (C=O) groups excluding carboxylic acids is 1. The lowest BCUT2D eigenvalue weighted by Gasteiger charge is -2.58. The molecule has 5 aliphatic rings. The van der Waals surface area contributed by atoms with Crippen molar-refractivity contribution in [3.05, 3.63) is 11.6 Å². The zero-order chi connectivity index (χ0) is 16.7. The zero-order valence-electron chi connectivity index (χ0n) is 15.7. The van der Waals surface area contributed by atoms with Gasteiger partial charge in [-0.3, -0.25) is 4.79 Å². The first-order chi connectivity index (χ1) is 11.4. The van der Waals surface area contributed by atoms with E-state index in [9.17, 15) is 4.79 Å². The molecule has 4 fully saturated rings. The number of ketones is 1. The van der Waals surface area contributed by atoms with Crippen LogP contribution in [0.1, 0.15) is 65.2 Å².